The molecule has 0 saturated carbocycles. The third-order valence-corrected chi connectivity index (χ3v) is 7.75. The topological polar surface area (TPSA) is 66.5 Å². The highest BCUT2D eigenvalue weighted by molar-refractivity contribution is 9.10. The zero-order chi connectivity index (χ0) is 20.9. The van der Waals surface area contributed by atoms with Crippen molar-refractivity contribution in [2.45, 2.75) is 31.4 Å². The first kappa shape index (κ1) is 22.0. The number of benzene rings is 2. The molecule has 29 heavy (non-hydrogen) atoms. The van der Waals surface area contributed by atoms with Gasteiger partial charge in [-0.15, -0.1) is 0 Å². The maximum atomic E-state index is 12.7. The summed E-state index contributed by atoms with van der Waals surface area (Å²) in [6, 6.07) is 17.4. The van der Waals surface area contributed by atoms with Crippen molar-refractivity contribution < 1.29 is 13.2 Å². The van der Waals surface area contributed by atoms with Crippen LogP contribution in [0.3, 0.4) is 0 Å². The van der Waals surface area contributed by atoms with E-state index in [1.165, 1.54) is 9.87 Å². The van der Waals surface area contributed by atoms with Crippen molar-refractivity contribution in [3.63, 3.8) is 0 Å². The predicted molar refractivity (Wildman–Crippen MR) is 119 cm³/mol. The molecule has 0 aliphatic carbocycles. The van der Waals surface area contributed by atoms with E-state index in [1.807, 2.05) is 42.5 Å². The lowest BCUT2D eigenvalue weighted by molar-refractivity contribution is -0.126. The summed E-state index contributed by atoms with van der Waals surface area (Å²) in [7, 11) is -3.38. The molecule has 5 nitrogen and oxygen atoms in total. The summed E-state index contributed by atoms with van der Waals surface area (Å²) in [5.74, 6) is 0.121. The molecular weight excluding hydrogens is 452 g/mol. The van der Waals surface area contributed by atoms with E-state index in [0.29, 0.717) is 32.5 Å². The number of carbonyl (C=O) groups excluding carboxylic acids is 1. The van der Waals surface area contributed by atoms with Crippen molar-refractivity contribution in [1.82, 2.24) is 9.62 Å². The third kappa shape index (κ3) is 6.14. The van der Waals surface area contributed by atoms with Gasteiger partial charge in [0.05, 0.1) is 5.75 Å². The van der Waals surface area contributed by atoms with Crippen LogP contribution in [0, 0.1) is 5.92 Å². The highest BCUT2D eigenvalue weighted by Gasteiger charge is 2.31. The third-order valence-electron chi connectivity index (χ3n) is 5.41. The summed E-state index contributed by atoms with van der Waals surface area (Å²) in [6.45, 7) is 3.46. The van der Waals surface area contributed by atoms with Gasteiger partial charge in [0.15, 0.2) is 0 Å². The molecule has 2 aromatic rings. The van der Waals surface area contributed by atoms with Gasteiger partial charge in [-0.05, 0) is 42.0 Å². The van der Waals surface area contributed by atoms with Crippen LogP contribution in [0.1, 0.15) is 36.8 Å². The summed E-state index contributed by atoms with van der Waals surface area (Å²) in [5.41, 5.74) is 1.95. The molecule has 1 fully saturated rings. The second kappa shape index (κ2) is 9.87. The zero-order valence-electron chi connectivity index (χ0n) is 16.6. The second-order valence-electron chi connectivity index (χ2n) is 7.62. The Morgan fingerprint density at radius 3 is 2.48 bits per heavy atom. The molecule has 0 bridgehead atoms. The van der Waals surface area contributed by atoms with E-state index in [0.717, 1.165) is 10.0 Å². The molecule has 1 unspecified atom stereocenters. The molecule has 0 radical (unpaired) electrons. The van der Waals surface area contributed by atoms with Crippen molar-refractivity contribution in [1.29, 1.82) is 0 Å². The maximum Gasteiger partial charge on any atom is 0.223 e. The Kier molecular flexibility index (Phi) is 7.49. The van der Waals surface area contributed by atoms with Gasteiger partial charge in [-0.25, -0.2) is 12.7 Å². The first-order valence-corrected chi connectivity index (χ1v) is 12.3. The fourth-order valence-electron chi connectivity index (χ4n) is 3.62. The number of nitrogens with zero attached hydrogens (tertiary/aromatic N) is 1. The Hall–Kier alpha value is -1.70. The number of piperidine rings is 1. The number of hydrogen-bond acceptors (Lipinski definition) is 3. The fourth-order valence-corrected chi connectivity index (χ4v) is 5.62. The summed E-state index contributed by atoms with van der Waals surface area (Å²) in [4.78, 5) is 12.5. The number of carbonyl (C=O) groups is 1. The first-order chi connectivity index (χ1) is 13.8. The van der Waals surface area contributed by atoms with Crippen molar-refractivity contribution in [3.8, 4) is 0 Å². The minimum Gasteiger partial charge on any atom is -0.355 e. The Bertz CT molecular complexity index is 926. The van der Waals surface area contributed by atoms with Gasteiger partial charge in [0.1, 0.15) is 0 Å². The largest absolute Gasteiger partial charge is 0.355 e. The normalized spacial score (nSPS) is 17.0. The summed E-state index contributed by atoms with van der Waals surface area (Å²) < 4.78 is 27.8. The van der Waals surface area contributed by atoms with Crippen LogP contribution in [0.5, 0.6) is 0 Å². The minimum atomic E-state index is -3.38. The summed E-state index contributed by atoms with van der Waals surface area (Å²) in [5, 5.41) is 3.04. The van der Waals surface area contributed by atoms with Crippen molar-refractivity contribution in [2.24, 2.45) is 5.92 Å². The number of halogens is 1. The highest BCUT2D eigenvalue weighted by Crippen LogP contribution is 2.23. The molecule has 7 heteroatoms. The second-order valence-corrected chi connectivity index (χ2v) is 10.5. The van der Waals surface area contributed by atoms with Crippen LogP contribution in [-0.2, 0) is 20.6 Å². The lowest BCUT2D eigenvalue weighted by atomic mass is 9.96. The highest BCUT2D eigenvalue weighted by atomic mass is 79.9. The molecule has 3 rings (SSSR count). The minimum absolute atomic E-state index is 0.0160. The molecule has 1 atom stereocenters. The fraction of sp³-hybridized carbons (Fsp3) is 0.409. The lowest BCUT2D eigenvalue weighted by Crippen LogP contribution is -2.43. The van der Waals surface area contributed by atoms with Crippen LogP contribution in [0.15, 0.2) is 59.1 Å². The van der Waals surface area contributed by atoms with E-state index in [-0.39, 0.29) is 23.5 Å². The average molecular weight is 479 g/mol. The molecule has 1 aliphatic rings. The van der Waals surface area contributed by atoms with E-state index >= 15 is 0 Å². The Morgan fingerprint density at radius 1 is 1.14 bits per heavy atom. The molecule has 1 saturated heterocycles. The smallest absolute Gasteiger partial charge is 0.223 e. The monoisotopic (exact) mass is 478 g/mol. The van der Waals surface area contributed by atoms with Crippen molar-refractivity contribution in [2.75, 3.05) is 19.6 Å². The molecule has 2 aromatic carbocycles. The van der Waals surface area contributed by atoms with Gasteiger partial charge in [0.25, 0.3) is 0 Å². The number of rotatable bonds is 7. The molecule has 156 valence electrons. The maximum absolute atomic E-state index is 12.7. The van der Waals surface area contributed by atoms with Crippen LogP contribution < -0.4 is 5.32 Å². The van der Waals surface area contributed by atoms with Gasteiger partial charge in [-0.1, -0.05) is 65.3 Å². The number of hydrogen-bond donors (Lipinski definition) is 1. The Labute approximate surface area is 181 Å². The summed E-state index contributed by atoms with van der Waals surface area (Å²) >= 11 is 3.38. The molecule has 1 heterocycles. The van der Waals surface area contributed by atoms with Crippen LogP contribution in [0.25, 0.3) is 0 Å². The Balaban J connectivity index is 1.48. The number of nitrogens with one attached hydrogen (secondary N) is 1. The van der Waals surface area contributed by atoms with Gasteiger partial charge >= 0.3 is 0 Å². The van der Waals surface area contributed by atoms with Gasteiger partial charge in [-0.3, -0.25) is 4.79 Å². The van der Waals surface area contributed by atoms with Gasteiger partial charge in [0.2, 0.25) is 15.9 Å². The van der Waals surface area contributed by atoms with E-state index in [2.05, 4.69) is 40.3 Å². The number of sulfonamides is 1. The van der Waals surface area contributed by atoms with Crippen molar-refractivity contribution >= 4 is 31.9 Å². The quantitative estimate of drug-likeness (QED) is 0.655. The molecular formula is C22H27BrN2O3S. The molecule has 1 N–H and O–H groups in total. The molecule has 1 amide bonds. The van der Waals surface area contributed by atoms with Crippen LogP contribution >= 0.6 is 15.9 Å². The van der Waals surface area contributed by atoms with Crippen molar-refractivity contribution in [3.05, 3.63) is 70.2 Å². The average Bonchev–Trinajstić information content (AvgIpc) is 2.72. The first-order valence-electron chi connectivity index (χ1n) is 9.90. The van der Waals surface area contributed by atoms with Crippen LogP contribution in [0.4, 0.5) is 0 Å². The van der Waals surface area contributed by atoms with Gasteiger partial charge in [-0.2, -0.15) is 0 Å². The molecule has 1 aliphatic heterocycles. The standard InChI is InChI=1S/C22H27BrN2O3S/c1-17(19-7-3-2-4-8-19)15-24-22(26)20-10-12-25(13-11-20)29(27,28)16-18-6-5-9-21(23)14-18/h2-9,14,17,20H,10-13,15-16H2,1H3,(H,24,26). The van der Waals surface area contributed by atoms with Crippen LogP contribution in [0.2, 0.25) is 0 Å². The lowest BCUT2D eigenvalue weighted by Gasteiger charge is -2.30. The zero-order valence-corrected chi connectivity index (χ0v) is 19.0. The van der Waals surface area contributed by atoms with Crippen LogP contribution in [-0.4, -0.2) is 38.3 Å². The molecule has 0 aromatic heterocycles. The van der Waals surface area contributed by atoms with E-state index in [4.69, 9.17) is 0 Å². The Morgan fingerprint density at radius 2 is 1.83 bits per heavy atom. The predicted octanol–water partition coefficient (Wildman–Crippen LogP) is 3.91. The van der Waals surface area contributed by atoms with E-state index < -0.39 is 10.0 Å². The summed E-state index contributed by atoms with van der Waals surface area (Å²) in [6.07, 6.45) is 1.12. The van der Waals surface area contributed by atoms with Gasteiger partial charge < -0.3 is 5.32 Å². The van der Waals surface area contributed by atoms with E-state index in [9.17, 15) is 13.2 Å². The molecule has 0 spiro atoms. The number of amides is 1. The van der Waals surface area contributed by atoms with Gasteiger partial charge in [0, 0.05) is 30.0 Å². The SMILES string of the molecule is CC(CNC(=O)C1CCN(S(=O)(=O)Cc2cccc(Br)c2)CC1)c1ccccc1. The van der Waals surface area contributed by atoms with E-state index in [1.54, 1.807) is 0 Å².